The Kier molecular flexibility index (Phi) is 3.47. The van der Waals surface area contributed by atoms with Gasteiger partial charge in [0.15, 0.2) is 0 Å². The minimum atomic E-state index is -0.578. The fourth-order valence-electron chi connectivity index (χ4n) is 0.970. The quantitative estimate of drug-likeness (QED) is 0.744. The normalized spacial score (nSPS) is 12.9. The van der Waals surface area contributed by atoms with Crippen LogP contribution in [0.3, 0.4) is 0 Å². The molecule has 1 heterocycles. The molecule has 1 unspecified atom stereocenters. The first-order valence-corrected chi connectivity index (χ1v) is 4.11. The zero-order chi connectivity index (χ0) is 8.97. The second-order valence-electron chi connectivity index (χ2n) is 2.49. The molecule has 1 aromatic rings. The summed E-state index contributed by atoms with van der Waals surface area (Å²) in [6.45, 7) is 0.444. The van der Waals surface area contributed by atoms with Gasteiger partial charge in [-0.15, -0.1) is 0 Å². The third kappa shape index (κ3) is 2.17. The van der Waals surface area contributed by atoms with Gasteiger partial charge in [-0.1, -0.05) is 11.6 Å². The topological polar surface area (TPSA) is 59.1 Å². The van der Waals surface area contributed by atoms with E-state index in [1.807, 2.05) is 0 Å². The Hall–Kier alpha value is -0.640. The lowest BCUT2D eigenvalue weighted by atomic mass is 10.1. The first-order chi connectivity index (χ1) is 5.75. The summed E-state index contributed by atoms with van der Waals surface area (Å²) in [6.07, 6.45) is 3.05. The molecule has 4 heteroatoms. The molecule has 3 nitrogen and oxygen atoms in total. The molecule has 1 rings (SSSR count). The number of nitrogens with two attached hydrogens (primary N) is 1. The van der Waals surface area contributed by atoms with Crippen LogP contribution in [-0.4, -0.2) is 16.6 Å². The van der Waals surface area contributed by atoms with Crippen molar-refractivity contribution >= 4 is 11.6 Å². The van der Waals surface area contributed by atoms with Crippen molar-refractivity contribution in [2.24, 2.45) is 5.73 Å². The van der Waals surface area contributed by atoms with Gasteiger partial charge < -0.3 is 10.8 Å². The van der Waals surface area contributed by atoms with Gasteiger partial charge in [-0.3, -0.25) is 4.98 Å². The molecule has 0 radical (unpaired) electrons. The summed E-state index contributed by atoms with van der Waals surface area (Å²) in [5.41, 5.74) is 5.99. The highest BCUT2D eigenvalue weighted by Gasteiger charge is 2.09. The van der Waals surface area contributed by atoms with Crippen molar-refractivity contribution in [2.45, 2.75) is 12.5 Å². The second kappa shape index (κ2) is 4.40. The number of aliphatic hydroxyl groups excluding tert-OH is 1. The van der Waals surface area contributed by atoms with Crippen LogP contribution in [-0.2, 0) is 0 Å². The van der Waals surface area contributed by atoms with E-state index in [0.717, 1.165) is 0 Å². The van der Waals surface area contributed by atoms with Gasteiger partial charge in [-0.05, 0) is 19.0 Å². The van der Waals surface area contributed by atoms with E-state index in [0.29, 0.717) is 23.6 Å². The number of aromatic nitrogens is 1. The zero-order valence-corrected chi connectivity index (χ0v) is 7.33. The summed E-state index contributed by atoms with van der Waals surface area (Å²) in [6, 6.07) is 1.70. The van der Waals surface area contributed by atoms with Crippen LogP contribution in [0.1, 0.15) is 18.1 Å². The lowest BCUT2D eigenvalue weighted by molar-refractivity contribution is 0.170. The molecule has 0 aliphatic rings. The van der Waals surface area contributed by atoms with Gasteiger partial charge in [0.05, 0.1) is 11.1 Å². The van der Waals surface area contributed by atoms with Crippen molar-refractivity contribution in [1.82, 2.24) is 4.98 Å². The largest absolute Gasteiger partial charge is 0.388 e. The predicted molar refractivity (Wildman–Crippen MR) is 47.9 cm³/mol. The molecular weight excluding hydrogens is 176 g/mol. The summed E-state index contributed by atoms with van der Waals surface area (Å²) in [4.78, 5) is 3.81. The van der Waals surface area contributed by atoms with E-state index in [2.05, 4.69) is 4.98 Å². The van der Waals surface area contributed by atoms with Gasteiger partial charge in [0.1, 0.15) is 0 Å². The second-order valence-corrected chi connectivity index (χ2v) is 2.90. The molecule has 0 amide bonds. The van der Waals surface area contributed by atoms with Crippen LogP contribution in [0.25, 0.3) is 0 Å². The molecule has 1 aromatic heterocycles. The van der Waals surface area contributed by atoms with Crippen molar-refractivity contribution in [2.75, 3.05) is 6.54 Å². The van der Waals surface area contributed by atoms with Gasteiger partial charge in [0.25, 0.3) is 0 Å². The Balaban J connectivity index is 2.79. The van der Waals surface area contributed by atoms with E-state index in [4.69, 9.17) is 17.3 Å². The van der Waals surface area contributed by atoms with E-state index < -0.39 is 6.10 Å². The van der Waals surface area contributed by atoms with Crippen LogP contribution < -0.4 is 5.73 Å². The smallest absolute Gasteiger partial charge is 0.0817 e. The number of halogens is 1. The number of nitrogens with zero attached hydrogens (tertiary/aromatic N) is 1. The third-order valence-electron chi connectivity index (χ3n) is 1.60. The first kappa shape index (κ1) is 9.45. The molecular formula is C8H11ClN2O. The summed E-state index contributed by atoms with van der Waals surface area (Å²) in [5.74, 6) is 0. The van der Waals surface area contributed by atoms with Crippen LogP contribution in [0.4, 0.5) is 0 Å². The molecule has 66 valence electrons. The van der Waals surface area contributed by atoms with E-state index >= 15 is 0 Å². The highest BCUT2D eigenvalue weighted by Crippen LogP contribution is 2.22. The number of hydrogen-bond donors (Lipinski definition) is 2. The van der Waals surface area contributed by atoms with Crippen LogP contribution in [0, 0.1) is 0 Å². The molecule has 0 fully saturated rings. The maximum Gasteiger partial charge on any atom is 0.0817 e. The average molecular weight is 187 g/mol. The number of hydrogen-bond acceptors (Lipinski definition) is 3. The highest BCUT2D eigenvalue weighted by atomic mass is 35.5. The van der Waals surface area contributed by atoms with Crippen LogP contribution in [0.5, 0.6) is 0 Å². The van der Waals surface area contributed by atoms with E-state index in [1.165, 1.54) is 6.20 Å². The summed E-state index contributed by atoms with van der Waals surface area (Å²) < 4.78 is 0. The minimum Gasteiger partial charge on any atom is -0.388 e. The average Bonchev–Trinajstić information content (AvgIpc) is 2.05. The maximum absolute atomic E-state index is 9.51. The van der Waals surface area contributed by atoms with Gasteiger partial charge in [-0.25, -0.2) is 0 Å². The maximum atomic E-state index is 9.51. The molecule has 0 bridgehead atoms. The predicted octanol–water partition coefficient (Wildman–Crippen LogP) is 1.12. The standard InChI is InChI=1S/C8H11ClN2O/c9-7-5-11-4-2-6(7)8(12)1-3-10/h2,4-5,8,12H,1,3,10H2. The van der Waals surface area contributed by atoms with Gasteiger partial charge in [0.2, 0.25) is 0 Å². The molecule has 12 heavy (non-hydrogen) atoms. The van der Waals surface area contributed by atoms with E-state index in [1.54, 1.807) is 12.3 Å². The van der Waals surface area contributed by atoms with Crippen LogP contribution >= 0.6 is 11.6 Å². The minimum absolute atomic E-state index is 0.444. The number of rotatable bonds is 3. The highest BCUT2D eigenvalue weighted by molar-refractivity contribution is 6.31. The monoisotopic (exact) mass is 186 g/mol. The SMILES string of the molecule is NCCC(O)c1ccncc1Cl. The van der Waals surface area contributed by atoms with Crippen molar-refractivity contribution in [3.05, 3.63) is 29.0 Å². The molecule has 1 atom stereocenters. The molecule has 3 N–H and O–H groups in total. The molecule has 0 aliphatic carbocycles. The first-order valence-electron chi connectivity index (χ1n) is 3.73. The third-order valence-corrected chi connectivity index (χ3v) is 1.92. The fraction of sp³-hybridized carbons (Fsp3) is 0.375. The van der Waals surface area contributed by atoms with Crippen molar-refractivity contribution in [3.8, 4) is 0 Å². The van der Waals surface area contributed by atoms with Crippen LogP contribution in [0.2, 0.25) is 5.02 Å². The Labute approximate surface area is 76.2 Å². The molecule has 0 spiro atoms. The fourth-order valence-corrected chi connectivity index (χ4v) is 1.21. The van der Waals surface area contributed by atoms with Gasteiger partial charge in [-0.2, -0.15) is 0 Å². The van der Waals surface area contributed by atoms with Gasteiger partial charge >= 0.3 is 0 Å². The Morgan fingerprint density at radius 1 is 1.67 bits per heavy atom. The van der Waals surface area contributed by atoms with Crippen molar-refractivity contribution in [1.29, 1.82) is 0 Å². The molecule has 0 aliphatic heterocycles. The van der Waals surface area contributed by atoms with Crippen molar-refractivity contribution in [3.63, 3.8) is 0 Å². The molecule has 0 saturated heterocycles. The van der Waals surface area contributed by atoms with E-state index in [-0.39, 0.29) is 0 Å². The van der Waals surface area contributed by atoms with Crippen LogP contribution in [0.15, 0.2) is 18.5 Å². The lowest BCUT2D eigenvalue weighted by Gasteiger charge is -2.09. The van der Waals surface area contributed by atoms with Crippen molar-refractivity contribution < 1.29 is 5.11 Å². The Morgan fingerprint density at radius 2 is 2.42 bits per heavy atom. The summed E-state index contributed by atoms with van der Waals surface area (Å²) in [5, 5.41) is 9.99. The number of pyridine rings is 1. The summed E-state index contributed by atoms with van der Waals surface area (Å²) in [7, 11) is 0. The van der Waals surface area contributed by atoms with Gasteiger partial charge in [0, 0.05) is 18.0 Å². The molecule has 0 saturated carbocycles. The zero-order valence-electron chi connectivity index (χ0n) is 6.57. The lowest BCUT2D eigenvalue weighted by Crippen LogP contribution is -2.07. The Morgan fingerprint density at radius 3 is 3.00 bits per heavy atom. The Bertz CT molecular complexity index is 255. The number of aliphatic hydroxyl groups is 1. The summed E-state index contributed by atoms with van der Waals surface area (Å²) >= 11 is 5.79. The molecule has 0 aromatic carbocycles. The van der Waals surface area contributed by atoms with E-state index in [9.17, 15) is 5.11 Å².